The van der Waals surface area contributed by atoms with Gasteiger partial charge in [0.2, 0.25) is 5.28 Å². The van der Waals surface area contributed by atoms with E-state index in [1.54, 1.807) is 13.1 Å². The fourth-order valence-corrected chi connectivity index (χ4v) is 1.52. The molecule has 0 unspecified atom stereocenters. The average Bonchev–Trinajstić information content (AvgIpc) is 2.29. The minimum Gasteiger partial charge on any atom is -0.366 e. The number of anilines is 1. The third-order valence-corrected chi connectivity index (χ3v) is 2.53. The SMILES string of the molecule is CC#Cc1cnc(Cl)nc1NC(CC)CC. The van der Waals surface area contributed by atoms with Crippen LogP contribution in [0.1, 0.15) is 39.2 Å². The zero-order valence-corrected chi connectivity index (χ0v) is 10.6. The van der Waals surface area contributed by atoms with Crippen LogP contribution in [-0.2, 0) is 0 Å². The van der Waals surface area contributed by atoms with Crippen molar-refractivity contribution in [3.8, 4) is 11.8 Å². The molecule has 0 aliphatic heterocycles. The molecule has 1 aromatic heterocycles. The van der Waals surface area contributed by atoms with E-state index in [9.17, 15) is 0 Å². The standard InChI is InChI=1S/C12H16ClN3/c1-4-7-9-8-14-12(13)16-11(9)15-10(5-2)6-3/h8,10H,5-6H2,1-3H3,(H,14,15,16). The number of halogens is 1. The van der Waals surface area contributed by atoms with Crippen molar-refractivity contribution in [3.05, 3.63) is 17.0 Å². The van der Waals surface area contributed by atoms with Gasteiger partial charge in [0.1, 0.15) is 5.82 Å². The van der Waals surface area contributed by atoms with Crippen molar-refractivity contribution in [1.29, 1.82) is 0 Å². The van der Waals surface area contributed by atoms with Crippen molar-refractivity contribution in [1.82, 2.24) is 9.97 Å². The molecule has 0 fully saturated rings. The molecule has 1 N–H and O–H groups in total. The third kappa shape index (κ3) is 3.39. The minimum atomic E-state index is 0.245. The molecule has 0 aromatic carbocycles. The lowest BCUT2D eigenvalue weighted by molar-refractivity contribution is 0.668. The molecule has 16 heavy (non-hydrogen) atoms. The lowest BCUT2D eigenvalue weighted by Crippen LogP contribution is -2.19. The van der Waals surface area contributed by atoms with Crippen LogP contribution in [0.15, 0.2) is 6.20 Å². The van der Waals surface area contributed by atoms with E-state index < -0.39 is 0 Å². The summed E-state index contributed by atoms with van der Waals surface area (Å²) in [7, 11) is 0. The predicted molar refractivity (Wildman–Crippen MR) is 67.6 cm³/mol. The van der Waals surface area contributed by atoms with Crippen LogP contribution in [0.3, 0.4) is 0 Å². The van der Waals surface area contributed by atoms with Gasteiger partial charge in [0.05, 0.1) is 5.56 Å². The zero-order chi connectivity index (χ0) is 12.0. The van der Waals surface area contributed by atoms with Gasteiger partial charge in [-0.25, -0.2) is 4.98 Å². The summed E-state index contributed by atoms with van der Waals surface area (Å²) in [5.74, 6) is 6.53. The Bertz CT molecular complexity index is 402. The Kier molecular flexibility index (Phi) is 5.07. The molecule has 4 heteroatoms. The summed E-state index contributed by atoms with van der Waals surface area (Å²) in [6.45, 7) is 6.06. The van der Waals surface area contributed by atoms with Crippen molar-refractivity contribution in [2.24, 2.45) is 0 Å². The van der Waals surface area contributed by atoms with Crippen LogP contribution in [0.4, 0.5) is 5.82 Å². The lowest BCUT2D eigenvalue weighted by atomic mass is 10.1. The molecule has 0 aliphatic rings. The molecular weight excluding hydrogens is 222 g/mol. The maximum atomic E-state index is 5.78. The first-order valence-electron chi connectivity index (χ1n) is 5.43. The van der Waals surface area contributed by atoms with Crippen LogP contribution in [0, 0.1) is 11.8 Å². The van der Waals surface area contributed by atoms with Gasteiger partial charge in [-0.05, 0) is 31.4 Å². The second-order valence-electron chi connectivity index (χ2n) is 3.43. The molecule has 1 heterocycles. The van der Waals surface area contributed by atoms with Crippen molar-refractivity contribution >= 4 is 17.4 Å². The summed E-state index contributed by atoms with van der Waals surface area (Å²) in [5, 5.41) is 3.58. The van der Waals surface area contributed by atoms with E-state index in [1.165, 1.54) is 0 Å². The lowest BCUT2D eigenvalue weighted by Gasteiger charge is -2.16. The molecule has 0 bridgehead atoms. The first kappa shape index (κ1) is 12.8. The minimum absolute atomic E-state index is 0.245. The quantitative estimate of drug-likeness (QED) is 0.646. The number of hydrogen-bond acceptors (Lipinski definition) is 3. The van der Waals surface area contributed by atoms with Crippen molar-refractivity contribution in [3.63, 3.8) is 0 Å². The highest BCUT2D eigenvalue weighted by Crippen LogP contribution is 2.15. The van der Waals surface area contributed by atoms with Crippen molar-refractivity contribution in [2.75, 3.05) is 5.32 Å². The second kappa shape index (κ2) is 6.34. The molecule has 3 nitrogen and oxygen atoms in total. The Morgan fingerprint density at radius 3 is 2.69 bits per heavy atom. The van der Waals surface area contributed by atoms with E-state index in [-0.39, 0.29) is 5.28 Å². The van der Waals surface area contributed by atoms with Gasteiger partial charge in [0, 0.05) is 12.2 Å². The molecule has 1 aromatic rings. The van der Waals surface area contributed by atoms with Gasteiger partial charge in [-0.3, -0.25) is 0 Å². The van der Waals surface area contributed by atoms with E-state index in [2.05, 4.69) is 41.0 Å². The molecule has 0 saturated heterocycles. The van der Waals surface area contributed by atoms with Gasteiger partial charge in [0.25, 0.3) is 0 Å². The molecule has 0 aliphatic carbocycles. The Labute approximate surface area is 102 Å². The first-order chi connectivity index (χ1) is 7.71. The van der Waals surface area contributed by atoms with E-state index in [0.717, 1.165) is 24.2 Å². The van der Waals surface area contributed by atoms with Gasteiger partial charge < -0.3 is 5.32 Å². The molecular formula is C12H16ClN3. The molecule has 1 rings (SSSR count). The molecule has 0 saturated carbocycles. The highest BCUT2D eigenvalue weighted by molar-refractivity contribution is 6.28. The van der Waals surface area contributed by atoms with Crippen LogP contribution >= 0.6 is 11.6 Å². The van der Waals surface area contributed by atoms with Crippen molar-refractivity contribution < 1.29 is 0 Å². The number of aromatic nitrogens is 2. The molecule has 0 atom stereocenters. The number of hydrogen-bond donors (Lipinski definition) is 1. The summed E-state index contributed by atoms with van der Waals surface area (Å²) in [6, 6.07) is 0.392. The predicted octanol–water partition coefficient (Wildman–Crippen LogP) is 3.10. The summed E-state index contributed by atoms with van der Waals surface area (Å²) >= 11 is 5.78. The normalized spacial score (nSPS) is 9.81. The maximum Gasteiger partial charge on any atom is 0.224 e. The number of nitrogens with zero attached hydrogens (tertiary/aromatic N) is 2. The van der Waals surface area contributed by atoms with Gasteiger partial charge in [0.15, 0.2) is 0 Å². The topological polar surface area (TPSA) is 37.8 Å². The summed E-state index contributed by atoms with van der Waals surface area (Å²) in [4.78, 5) is 8.10. The van der Waals surface area contributed by atoms with Gasteiger partial charge in [-0.1, -0.05) is 19.8 Å². The Morgan fingerprint density at radius 1 is 1.44 bits per heavy atom. The number of nitrogens with one attached hydrogen (secondary N) is 1. The summed E-state index contributed by atoms with van der Waals surface area (Å²) < 4.78 is 0. The highest BCUT2D eigenvalue weighted by Gasteiger charge is 2.08. The molecule has 0 radical (unpaired) electrons. The molecule has 0 amide bonds. The second-order valence-corrected chi connectivity index (χ2v) is 3.77. The first-order valence-corrected chi connectivity index (χ1v) is 5.80. The van der Waals surface area contributed by atoms with E-state index in [4.69, 9.17) is 11.6 Å². The van der Waals surface area contributed by atoms with E-state index >= 15 is 0 Å². The fraction of sp³-hybridized carbons (Fsp3) is 0.500. The fourth-order valence-electron chi connectivity index (χ4n) is 1.38. The zero-order valence-electron chi connectivity index (χ0n) is 9.84. The Morgan fingerprint density at radius 2 is 2.12 bits per heavy atom. The van der Waals surface area contributed by atoms with E-state index in [1.807, 2.05) is 0 Å². The van der Waals surface area contributed by atoms with Gasteiger partial charge >= 0.3 is 0 Å². The average molecular weight is 238 g/mol. The van der Waals surface area contributed by atoms with Crippen LogP contribution in [0.25, 0.3) is 0 Å². The van der Waals surface area contributed by atoms with Gasteiger partial charge in [-0.15, -0.1) is 5.92 Å². The van der Waals surface area contributed by atoms with Crippen LogP contribution in [-0.4, -0.2) is 16.0 Å². The highest BCUT2D eigenvalue weighted by atomic mass is 35.5. The van der Waals surface area contributed by atoms with Gasteiger partial charge in [-0.2, -0.15) is 4.98 Å². The van der Waals surface area contributed by atoms with Crippen LogP contribution in [0.2, 0.25) is 5.28 Å². The Balaban J connectivity index is 2.98. The molecule has 86 valence electrons. The maximum absolute atomic E-state index is 5.78. The summed E-state index contributed by atoms with van der Waals surface area (Å²) in [5.41, 5.74) is 0.791. The Hall–Kier alpha value is -1.27. The smallest absolute Gasteiger partial charge is 0.224 e. The largest absolute Gasteiger partial charge is 0.366 e. The molecule has 0 spiro atoms. The van der Waals surface area contributed by atoms with Crippen LogP contribution in [0.5, 0.6) is 0 Å². The monoisotopic (exact) mass is 237 g/mol. The number of rotatable bonds is 4. The third-order valence-electron chi connectivity index (χ3n) is 2.35. The van der Waals surface area contributed by atoms with Crippen molar-refractivity contribution in [2.45, 2.75) is 39.7 Å². The summed E-state index contributed by atoms with van der Waals surface area (Å²) in [6.07, 6.45) is 3.73. The van der Waals surface area contributed by atoms with Crippen LogP contribution < -0.4 is 5.32 Å². The van der Waals surface area contributed by atoms with E-state index in [0.29, 0.717) is 6.04 Å².